The molecule has 0 heterocycles. The van der Waals surface area contributed by atoms with Crippen LogP contribution in [0.5, 0.6) is 5.75 Å². The zero-order chi connectivity index (χ0) is 20.5. The second-order valence-electron chi connectivity index (χ2n) is 7.16. The van der Waals surface area contributed by atoms with Crippen LogP contribution in [0.25, 0.3) is 0 Å². The van der Waals surface area contributed by atoms with Crippen LogP contribution in [0.3, 0.4) is 0 Å². The van der Waals surface area contributed by atoms with Gasteiger partial charge in [0.25, 0.3) is 5.91 Å². The standard InChI is InChI=1S/C23H28N2O3S/c1-29-15-14-21(24-22(26)16-28-18-10-3-2-4-11-18)23(27)25-20-13-7-9-17-8-5-6-12-19(17)20/h2-6,8,10-12,20-21H,7,9,13-16H2,1H3,(H,24,26)(H,25,27). The second-order valence-corrected chi connectivity index (χ2v) is 8.14. The van der Waals surface area contributed by atoms with Crippen LogP contribution in [0.2, 0.25) is 0 Å². The number of nitrogens with one attached hydrogen (secondary N) is 2. The molecule has 2 amide bonds. The molecule has 0 radical (unpaired) electrons. The first-order valence-corrected chi connectivity index (χ1v) is 11.4. The normalized spacial score (nSPS) is 16.4. The molecule has 5 nitrogen and oxygen atoms in total. The summed E-state index contributed by atoms with van der Waals surface area (Å²) in [5, 5.41) is 6.01. The molecular formula is C23H28N2O3S. The van der Waals surface area contributed by atoms with E-state index in [2.05, 4.69) is 22.8 Å². The van der Waals surface area contributed by atoms with E-state index < -0.39 is 6.04 Å². The SMILES string of the molecule is CSCCC(NC(=O)COc1ccccc1)C(=O)NC1CCCc2ccccc21. The molecule has 0 fully saturated rings. The number of thioether (sulfide) groups is 1. The maximum absolute atomic E-state index is 13.0. The summed E-state index contributed by atoms with van der Waals surface area (Å²) in [4.78, 5) is 25.3. The van der Waals surface area contributed by atoms with Gasteiger partial charge in [-0.2, -0.15) is 11.8 Å². The Bertz CT molecular complexity index is 813. The van der Waals surface area contributed by atoms with Crippen LogP contribution in [0.1, 0.15) is 36.4 Å². The zero-order valence-corrected chi connectivity index (χ0v) is 17.5. The molecule has 0 saturated heterocycles. The van der Waals surface area contributed by atoms with E-state index in [0.29, 0.717) is 12.2 Å². The van der Waals surface area contributed by atoms with Gasteiger partial charge in [-0.3, -0.25) is 9.59 Å². The zero-order valence-electron chi connectivity index (χ0n) is 16.7. The van der Waals surface area contributed by atoms with Crippen molar-refractivity contribution in [3.05, 3.63) is 65.7 Å². The number of carbonyl (C=O) groups is 2. The molecule has 0 spiro atoms. The lowest BCUT2D eigenvalue weighted by atomic mass is 9.87. The van der Waals surface area contributed by atoms with E-state index in [0.717, 1.165) is 25.0 Å². The van der Waals surface area contributed by atoms with Crippen LogP contribution >= 0.6 is 11.8 Å². The van der Waals surface area contributed by atoms with E-state index in [9.17, 15) is 9.59 Å². The number of rotatable bonds is 9. The van der Waals surface area contributed by atoms with E-state index in [1.165, 1.54) is 11.1 Å². The number of para-hydroxylation sites is 1. The number of aryl methyl sites for hydroxylation is 1. The molecular weight excluding hydrogens is 384 g/mol. The quantitative estimate of drug-likeness (QED) is 0.662. The molecule has 3 rings (SSSR count). The minimum absolute atomic E-state index is 0.00157. The maximum Gasteiger partial charge on any atom is 0.258 e. The maximum atomic E-state index is 13.0. The van der Waals surface area contributed by atoms with Gasteiger partial charge in [-0.15, -0.1) is 0 Å². The van der Waals surface area contributed by atoms with Gasteiger partial charge in [-0.05, 0) is 61.0 Å². The summed E-state index contributed by atoms with van der Waals surface area (Å²) >= 11 is 1.66. The summed E-state index contributed by atoms with van der Waals surface area (Å²) in [5.74, 6) is 0.999. The van der Waals surface area contributed by atoms with Gasteiger partial charge in [0.1, 0.15) is 11.8 Å². The smallest absolute Gasteiger partial charge is 0.258 e. The fourth-order valence-electron chi connectivity index (χ4n) is 3.58. The highest BCUT2D eigenvalue weighted by molar-refractivity contribution is 7.98. The van der Waals surface area contributed by atoms with Crippen LogP contribution in [0.15, 0.2) is 54.6 Å². The summed E-state index contributed by atoms with van der Waals surface area (Å²) < 4.78 is 5.50. The predicted molar refractivity (Wildman–Crippen MR) is 117 cm³/mol. The van der Waals surface area contributed by atoms with Crippen molar-refractivity contribution in [3.63, 3.8) is 0 Å². The molecule has 6 heteroatoms. The number of fused-ring (bicyclic) bond motifs is 1. The minimum Gasteiger partial charge on any atom is -0.484 e. The average molecular weight is 413 g/mol. The molecule has 2 unspecified atom stereocenters. The number of benzene rings is 2. The Labute approximate surface area is 176 Å². The van der Waals surface area contributed by atoms with Gasteiger partial charge in [0.05, 0.1) is 6.04 Å². The van der Waals surface area contributed by atoms with E-state index in [1.807, 2.05) is 36.6 Å². The van der Waals surface area contributed by atoms with Crippen molar-refractivity contribution in [1.29, 1.82) is 0 Å². The van der Waals surface area contributed by atoms with Crippen LogP contribution in [0, 0.1) is 0 Å². The van der Waals surface area contributed by atoms with Crippen LogP contribution in [-0.2, 0) is 16.0 Å². The van der Waals surface area contributed by atoms with Crippen molar-refractivity contribution < 1.29 is 14.3 Å². The largest absolute Gasteiger partial charge is 0.484 e. The Morgan fingerprint density at radius 1 is 1.14 bits per heavy atom. The molecule has 2 N–H and O–H groups in total. The Morgan fingerprint density at radius 2 is 1.90 bits per heavy atom. The van der Waals surface area contributed by atoms with Crippen LogP contribution < -0.4 is 15.4 Å². The lowest BCUT2D eigenvalue weighted by Crippen LogP contribution is -2.49. The molecule has 2 aromatic carbocycles. The third-order valence-electron chi connectivity index (χ3n) is 5.06. The van der Waals surface area contributed by atoms with Gasteiger partial charge in [-0.1, -0.05) is 42.5 Å². The van der Waals surface area contributed by atoms with Crippen molar-refractivity contribution in [1.82, 2.24) is 10.6 Å². The number of hydrogen-bond donors (Lipinski definition) is 2. The topological polar surface area (TPSA) is 67.4 Å². The first kappa shape index (κ1) is 21.2. The molecule has 29 heavy (non-hydrogen) atoms. The molecule has 2 aromatic rings. The van der Waals surface area contributed by atoms with Gasteiger partial charge >= 0.3 is 0 Å². The van der Waals surface area contributed by atoms with Gasteiger partial charge in [0, 0.05) is 0 Å². The number of hydrogen-bond acceptors (Lipinski definition) is 4. The number of ether oxygens (including phenoxy) is 1. The first-order chi connectivity index (χ1) is 14.2. The summed E-state index contributed by atoms with van der Waals surface area (Å²) in [6, 6.07) is 16.9. The van der Waals surface area contributed by atoms with E-state index >= 15 is 0 Å². The molecule has 2 atom stereocenters. The van der Waals surface area contributed by atoms with Gasteiger partial charge in [0.15, 0.2) is 6.61 Å². The lowest BCUT2D eigenvalue weighted by Gasteiger charge is -2.28. The monoisotopic (exact) mass is 412 g/mol. The minimum atomic E-state index is -0.566. The van der Waals surface area contributed by atoms with Gasteiger partial charge in [-0.25, -0.2) is 0 Å². The van der Waals surface area contributed by atoms with E-state index in [1.54, 1.807) is 23.9 Å². The number of amides is 2. The van der Waals surface area contributed by atoms with Crippen molar-refractivity contribution in [2.75, 3.05) is 18.6 Å². The van der Waals surface area contributed by atoms with Gasteiger partial charge in [0.2, 0.25) is 5.91 Å². The van der Waals surface area contributed by atoms with Crippen molar-refractivity contribution in [3.8, 4) is 5.75 Å². The van der Waals surface area contributed by atoms with E-state index in [4.69, 9.17) is 4.74 Å². The van der Waals surface area contributed by atoms with Crippen molar-refractivity contribution in [2.45, 2.75) is 37.8 Å². The summed E-state index contributed by atoms with van der Waals surface area (Å²) in [6.45, 7) is -0.112. The third kappa shape index (κ3) is 6.26. The molecule has 1 aliphatic carbocycles. The molecule has 0 bridgehead atoms. The lowest BCUT2D eigenvalue weighted by molar-refractivity contribution is -0.130. The molecule has 1 aliphatic rings. The molecule has 0 saturated carbocycles. The highest BCUT2D eigenvalue weighted by Gasteiger charge is 2.26. The van der Waals surface area contributed by atoms with Crippen molar-refractivity contribution in [2.24, 2.45) is 0 Å². The molecule has 0 aromatic heterocycles. The Hall–Kier alpha value is -2.47. The summed E-state index contributed by atoms with van der Waals surface area (Å²) in [5.41, 5.74) is 2.49. The fourth-order valence-corrected chi connectivity index (χ4v) is 4.05. The highest BCUT2D eigenvalue weighted by atomic mass is 32.2. The third-order valence-corrected chi connectivity index (χ3v) is 5.71. The highest BCUT2D eigenvalue weighted by Crippen LogP contribution is 2.29. The average Bonchev–Trinajstić information content (AvgIpc) is 2.76. The predicted octanol–water partition coefficient (Wildman–Crippen LogP) is 3.50. The second kappa shape index (κ2) is 10.9. The number of carbonyl (C=O) groups excluding carboxylic acids is 2. The van der Waals surface area contributed by atoms with E-state index in [-0.39, 0.29) is 24.5 Å². The van der Waals surface area contributed by atoms with Crippen LogP contribution in [-0.4, -0.2) is 36.5 Å². The molecule has 0 aliphatic heterocycles. The Balaban J connectivity index is 1.59. The van der Waals surface area contributed by atoms with Crippen LogP contribution in [0.4, 0.5) is 0 Å². The summed E-state index contributed by atoms with van der Waals surface area (Å²) in [7, 11) is 0. The Morgan fingerprint density at radius 3 is 2.69 bits per heavy atom. The molecule has 154 valence electrons. The van der Waals surface area contributed by atoms with Crippen molar-refractivity contribution >= 4 is 23.6 Å². The van der Waals surface area contributed by atoms with Gasteiger partial charge < -0.3 is 15.4 Å². The Kier molecular flexibility index (Phi) is 7.99. The first-order valence-electron chi connectivity index (χ1n) is 10.0. The summed E-state index contributed by atoms with van der Waals surface area (Å²) in [6.07, 6.45) is 5.59. The fraction of sp³-hybridized carbons (Fsp3) is 0.391.